The Morgan fingerprint density at radius 1 is 0.464 bits per heavy atom. The Morgan fingerprint density at radius 3 is 0.964 bits per heavy atom. The molecular weight excluding hydrogens is 352 g/mol. The van der Waals surface area contributed by atoms with Crippen molar-refractivity contribution in [1.29, 1.82) is 0 Å². The molecule has 2 spiro atoms. The summed E-state index contributed by atoms with van der Waals surface area (Å²) >= 11 is 0. The van der Waals surface area contributed by atoms with Crippen LogP contribution in [0.1, 0.15) is 95.9 Å². The predicted octanol–water partition coefficient (Wildman–Crippen LogP) is 6.75. The molecule has 3 rings (SSSR count). The van der Waals surface area contributed by atoms with Crippen molar-refractivity contribution in [2.24, 2.45) is 45.3 Å². The molecule has 28 heavy (non-hydrogen) atoms. The van der Waals surface area contributed by atoms with Crippen LogP contribution in [0.4, 0.5) is 0 Å². The molecule has 0 aromatic heterocycles. The average molecular weight is 397 g/mol. The zero-order valence-corrected chi connectivity index (χ0v) is 20.4. The summed E-state index contributed by atoms with van der Waals surface area (Å²) < 4.78 is 0. The Morgan fingerprint density at radius 2 is 0.714 bits per heavy atom. The van der Waals surface area contributed by atoms with Gasteiger partial charge in [0.2, 0.25) is 11.6 Å². The Balaban J connectivity index is 1.95. The predicted molar refractivity (Wildman–Crippen MR) is 111 cm³/mol. The fraction of sp³-hybridized carbons (Fsp3) is 1.00. The molecule has 0 amide bonds. The van der Waals surface area contributed by atoms with Crippen molar-refractivity contribution < 1.29 is 19.6 Å². The van der Waals surface area contributed by atoms with E-state index in [1.54, 1.807) is 0 Å². The van der Waals surface area contributed by atoms with Crippen molar-refractivity contribution in [3.63, 3.8) is 0 Å². The normalized spacial score (nSPS) is 49.3. The van der Waals surface area contributed by atoms with Crippen LogP contribution in [0.3, 0.4) is 0 Å². The summed E-state index contributed by atoms with van der Waals surface area (Å²) in [5.41, 5.74) is -0.0775. The molecule has 1 saturated heterocycles. The van der Waals surface area contributed by atoms with E-state index in [4.69, 9.17) is 19.6 Å². The van der Waals surface area contributed by atoms with Gasteiger partial charge in [-0.15, -0.1) is 0 Å². The summed E-state index contributed by atoms with van der Waals surface area (Å²) in [6.45, 7) is 27.2. The Bertz CT molecular complexity index is 556. The van der Waals surface area contributed by atoms with Gasteiger partial charge in [-0.25, -0.2) is 0 Å². The van der Waals surface area contributed by atoms with E-state index in [-0.39, 0.29) is 33.5 Å². The number of rotatable bonds is 0. The monoisotopic (exact) mass is 396 g/mol. The minimum Gasteiger partial charge on any atom is -0.194 e. The molecule has 2 saturated carbocycles. The molecule has 0 N–H and O–H groups in total. The topological polar surface area (TPSA) is 36.9 Å². The SMILES string of the molecule is CC1C(C)C2(OOC3(OO2)C(C)C(C)C(C)(C)CC3(C)C)C(C)(C)CC1(C)C. The summed E-state index contributed by atoms with van der Waals surface area (Å²) in [5, 5.41) is 0. The first-order valence-electron chi connectivity index (χ1n) is 11.2. The van der Waals surface area contributed by atoms with Crippen molar-refractivity contribution >= 4 is 0 Å². The van der Waals surface area contributed by atoms with E-state index in [1.807, 2.05) is 0 Å². The molecule has 0 bridgehead atoms. The Labute approximate surface area is 172 Å². The molecule has 1 heterocycles. The lowest BCUT2D eigenvalue weighted by molar-refractivity contribution is -0.704. The van der Waals surface area contributed by atoms with E-state index in [2.05, 4.69) is 83.1 Å². The summed E-state index contributed by atoms with van der Waals surface area (Å²) in [6, 6.07) is 0. The van der Waals surface area contributed by atoms with Gasteiger partial charge in [0.15, 0.2) is 0 Å². The van der Waals surface area contributed by atoms with Crippen molar-refractivity contribution in [3.05, 3.63) is 0 Å². The highest BCUT2D eigenvalue weighted by molar-refractivity contribution is 5.06. The molecule has 3 aliphatic rings. The molecule has 4 unspecified atom stereocenters. The van der Waals surface area contributed by atoms with Crippen molar-refractivity contribution in [2.45, 2.75) is 108 Å². The second-order valence-electron chi connectivity index (χ2n) is 12.9. The van der Waals surface area contributed by atoms with E-state index < -0.39 is 11.6 Å². The molecule has 4 heteroatoms. The van der Waals surface area contributed by atoms with Crippen LogP contribution in [0.15, 0.2) is 0 Å². The number of hydrogen-bond acceptors (Lipinski definition) is 4. The highest BCUT2D eigenvalue weighted by atomic mass is 17.4. The van der Waals surface area contributed by atoms with Crippen molar-refractivity contribution in [2.75, 3.05) is 0 Å². The van der Waals surface area contributed by atoms with E-state index in [1.165, 1.54) is 0 Å². The van der Waals surface area contributed by atoms with E-state index in [0.717, 1.165) is 12.8 Å². The maximum Gasteiger partial charge on any atom is 0.242 e. The Hall–Kier alpha value is -0.160. The largest absolute Gasteiger partial charge is 0.242 e. The fourth-order valence-corrected chi connectivity index (χ4v) is 7.12. The molecule has 1 aliphatic heterocycles. The first-order chi connectivity index (χ1) is 12.5. The molecule has 4 atom stereocenters. The third-order valence-electron chi connectivity index (χ3n) is 9.42. The smallest absolute Gasteiger partial charge is 0.194 e. The first-order valence-corrected chi connectivity index (χ1v) is 11.2. The molecular formula is C24H44O4. The standard InChI is InChI=1S/C24H44O4/c1-15-17(3)23(21(9,10)13-19(15,5)6)25-27-24(28-26-23)18(4)16(2)20(7,8)14-22(24,11)12/h15-18H,13-14H2,1-12H3. The van der Waals surface area contributed by atoms with Gasteiger partial charge in [0.05, 0.1) is 0 Å². The zero-order valence-electron chi connectivity index (χ0n) is 20.4. The molecule has 0 aromatic rings. The summed E-state index contributed by atoms with van der Waals surface area (Å²) in [5.74, 6) is -0.704. The quantitative estimate of drug-likeness (QED) is 0.425. The molecule has 164 valence electrons. The van der Waals surface area contributed by atoms with E-state index in [9.17, 15) is 0 Å². The van der Waals surface area contributed by atoms with Crippen LogP contribution in [0.25, 0.3) is 0 Å². The number of hydrogen-bond donors (Lipinski definition) is 0. The molecule has 2 aliphatic carbocycles. The van der Waals surface area contributed by atoms with Gasteiger partial charge in [-0.3, -0.25) is 0 Å². The average Bonchev–Trinajstić information content (AvgIpc) is 2.55. The highest BCUT2D eigenvalue weighted by Gasteiger charge is 2.70. The molecule has 0 radical (unpaired) electrons. The van der Waals surface area contributed by atoms with Crippen molar-refractivity contribution in [1.82, 2.24) is 0 Å². The molecule has 3 fully saturated rings. The maximum atomic E-state index is 6.37. The van der Waals surface area contributed by atoms with Crippen LogP contribution < -0.4 is 0 Å². The van der Waals surface area contributed by atoms with E-state index in [0.29, 0.717) is 11.8 Å². The summed E-state index contributed by atoms with van der Waals surface area (Å²) in [7, 11) is 0. The van der Waals surface area contributed by atoms with Crippen LogP contribution in [-0.4, -0.2) is 11.6 Å². The lowest BCUT2D eigenvalue weighted by Crippen LogP contribution is -2.71. The van der Waals surface area contributed by atoms with Gasteiger partial charge in [0, 0.05) is 22.7 Å². The minimum absolute atomic E-state index is 0.138. The van der Waals surface area contributed by atoms with Crippen LogP contribution in [0.2, 0.25) is 0 Å². The van der Waals surface area contributed by atoms with Gasteiger partial charge in [0.25, 0.3) is 0 Å². The van der Waals surface area contributed by atoms with Gasteiger partial charge in [0.1, 0.15) is 0 Å². The van der Waals surface area contributed by atoms with Crippen LogP contribution in [0.5, 0.6) is 0 Å². The second kappa shape index (κ2) is 6.18. The van der Waals surface area contributed by atoms with Crippen LogP contribution in [-0.2, 0) is 19.6 Å². The fourth-order valence-electron chi connectivity index (χ4n) is 7.12. The zero-order chi connectivity index (χ0) is 21.6. The molecule has 4 nitrogen and oxygen atoms in total. The lowest BCUT2D eigenvalue weighted by atomic mass is 9.53. The highest BCUT2D eigenvalue weighted by Crippen LogP contribution is 2.65. The minimum atomic E-state index is -0.904. The van der Waals surface area contributed by atoms with Crippen molar-refractivity contribution in [3.8, 4) is 0 Å². The van der Waals surface area contributed by atoms with Gasteiger partial charge in [-0.2, -0.15) is 19.6 Å². The first kappa shape index (κ1) is 22.5. The van der Waals surface area contributed by atoms with E-state index >= 15 is 0 Å². The second-order valence-corrected chi connectivity index (χ2v) is 12.9. The Kier molecular flexibility index (Phi) is 4.97. The van der Waals surface area contributed by atoms with Gasteiger partial charge in [-0.05, 0) is 35.5 Å². The van der Waals surface area contributed by atoms with Gasteiger partial charge >= 0.3 is 0 Å². The molecule has 0 aromatic carbocycles. The maximum absolute atomic E-state index is 6.37. The lowest BCUT2D eigenvalue weighted by Gasteiger charge is -2.65. The summed E-state index contributed by atoms with van der Waals surface area (Å²) in [6.07, 6.45) is 1.96. The van der Waals surface area contributed by atoms with Crippen LogP contribution in [0, 0.1) is 45.3 Å². The third kappa shape index (κ3) is 2.77. The van der Waals surface area contributed by atoms with Gasteiger partial charge in [-0.1, -0.05) is 83.1 Å². The summed E-state index contributed by atoms with van der Waals surface area (Å²) in [4.78, 5) is 25.5. The van der Waals surface area contributed by atoms with Gasteiger partial charge < -0.3 is 0 Å². The van der Waals surface area contributed by atoms with Crippen LogP contribution >= 0.6 is 0 Å². The third-order valence-corrected chi connectivity index (χ3v) is 9.42.